The quantitative estimate of drug-likeness (QED) is 0.576. The molecule has 0 spiro atoms. The topological polar surface area (TPSA) is 56.7 Å². The van der Waals surface area contributed by atoms with Crippen LogP contribution in [0, 0.1) is 0 Å². The van der Waals surface area contributed by atoms with E-state index in [2.05, 4.69) is 14.3 Å². The minimum atomic E-state index is 0.613. The first kappa shape index (κ1) is 13.0. The van der Waals surface area contributed by atoms with Crippen molar-refractivity contribution >= 4 is 11.5 Å². The fraction of sp³-hybridized carbons (Fsp3) is 0.0625. The maximum atomic E-state index is 5.57. The zero-order valence-electron chi connectivity index (χ0n) is 11.6. The van der Waals surface area contributed by atoms with Gasteiger partial charge >= 0.3 is 0 Å². The summed E-state index contributed by atoms with van der Waals surface area (Å²) in [4.78, 5) is 8.94. The molecule has 5 nitrogen and oxygen atoms in total. The molecule has 0 fully saturated rings. The summed E-state index contributed by atoms with van der Waals surface area (Å²) in [7, 11) is 0. The van der Waals surface area contributed by atoms with E-state index < -0.39 is 0 Å². The van der Waals surface area contributed by atoms with E-state index in [0.29, 0.717) is 12.4 Å². The summed E-state index contributed by atoms with van der Waals surface area (Å²) in [6, 6.07) is 9.87. The molecule has 3 aromatic heterocycles. The van der Waals surface area contributed by atoms with E-state index in [1.807, 2.05) is 52.7 Å². The Morgan fingerprint density at radius 1 is 1.14 bits per heavy atom. The van der Waals surface area contributed by atoms with Crippen LogP contribution >= 0.6 is 11.5 Å². The molecule has 0 unspecified atom stereocenters. The molecule has 0 bridgehead atoms. The van der Waals surface area contributed by atoms with Gasteiger partial charge in [0.1, 0.15) is 12.1 Å². The normalized spacial score (nSPS) is 10.9. The van der Waals surface area contributed by atoms with E-state index in [1.165, 1.54) is 11.5 Å². The first-order chi connectivity index (χ1) is 10.9. The highest BCUT2D eigenvalue weighted by Gasteiger charge is 2.11. The van der Waals surface area contributed by atoms with Crippen LogP contribution in [0.25, 0.3) is 22.8 Å². The van der Waals surface area contributed by atoms with Crippen LogP contribution in [-0.4, -0.2) is 18.9 Å². The van der Waals surface area contributed by atoms with Gasteiger partial charge in [-0.25, -0.2) is 14.3 Å². The second-order valence-electron chi connectivity index (χ2n) is 4.80. The van der Waals surface area contributed by atoms with Crippen LogP contribution in [-0.2, 0) is 6.54 Å². The second kappa shape index (κ2) is 5.57. The van der Waals surface area contributed by atoms with Gasteiger partial charge in [-0.2, -0.15) is 0 Å². The van der Waals surface area contributed by atoms with Crippen LogP contribution in [0.15, 0.2) is 65.0 Å². The minimum absolute atomic E-state index is 0.613. The molecule has 22 heavy (non-hydrogen) atoms. The van der Waals surface area contributed by atoms with E-state index >= 15 is 0 Å². The lowest BCUT2D eigenvalue weighted by atomic mass is 10.2. The monoisotopic (exact) mass is 308 g/mol. The van der Waals surface area contributed by atoms with Crippen molar-refractivity contribution in [3.05, 3.63) is 66.3 Å². The summed E-state index contributed by atoms with van der Waals surface area (Å²) in [5, 5.41) is 1.98. The first-order valence-corrected chi connectivity index (χ1v) is 7.64. The second-order valence-corrected chi connectivity index (χ2v) is 5.46. The van der Waals surface area contributed by atoms with Crippen molar-refractivity contribution in [2.75, 3.05) is 0 Å². The summed E-state index contributed by atoms with van der Waals surface area (Å²) in [6.45, 7) is 0.613. The average Bonchev–Trinajstić information content (AvgIpc) is 3.30. The summed E-state index contributed by atoms with van der Waals surface area (Å²) in [5.74, 6) is 1.52. The smallest absolute Gasteiger partial charge is 0.226 e. The third-order valence-corrected chi connectivity index (χ3v) is 3.90. The maximum absolute atomic E-state index is 5.57. The fourth-order valence-electron chi connectivity index (χ4n) is 2.28. The molecule has 0 atom stereocenters. The van der Waals surface area contributed by atoms with Crippen molar-refractivity contribution < 1.29 is 4.42 Å². The molecule has 108 valence electrons. The molecule has 0 aliphatic heterocycles. The van der Waals surface area contributed by atoms with Crippen molar-refractivity contribution in [2.24, 2.45) is 0 Å². The zero-order valence-corrected chi connectivity index (χ0v) is 12.4. The molecule has 1 aromatic carbocycles. The Morgan fingerprint density at radius 2 is 2.05 bits per heavy atom. The van der Waals surface area contributed by atoms with Gasteiger partial charge in [0.25, 0.3) is 0 Å². The number of hydrogen-bond acceptors (Lipinski definition) is 5. The molecule has 3 heterocycles. The lowest BCUT2D eigenvalue weighted by Gasteiger charge is -2.03. The van der Waals surface area contributed by atoms with E-state index in [0.717, 1.165) is 22.6 Å². The van der Waals surface area contributed by atoms with Gasteiger partial charge in [0.15, 0.2) is 0 Å². The number of aromatic nitrogens is 4. The summed E-state index contributed by atoms with van der Waals surface area (Å²) in [5.41, 5.74) is 2.85. The van der Waals surface area contributed by atoms with Gasteiger partial charge in [0.05, 0.1) is 18.4 Å². The standard InChI is InChI=1S/C16H12N4OS/c1-2-4-12(5-3-1)16-19-14(10-21-16)9-20-7-6-17-15(20)13-8-18-22-11-13/h1-8,10-11H,9H2. The molecule has 4 aromatic rings. The van der Waals surface area contributed by atoms with Gasteiger partial charge in [-0.15, -0.1) is 0 Å². The lowest BCUT2D eigenvalue weighted by Crippen LogP contribution is -2.01. The van der Waals surface area contributed by atoms with Crippen molar-refractivity contribution in [2.45, 2.75) is 6.54 Å². The molecule has 0 aliphatic carbocycles. The number of nitrogens with zero attached hydrogens (tertiary/aromatic N) is 4. The minimum Gasteiger partial charge on any atom is -0.444 e. The fourth-order valence-corrected chi connectivity index (χ4v) is 2.79. The van der Waals surface area contributed by atoms with Crippen LogP contribution in [0.4, 0.5) is 0 Å². The largest absolute Gasteiger partial charge is 0.444 e. The third-order valence-electron chi connectivity index (χ3n) is 3.31. The van der Waals surface area contributed by atoms with Crippen molar-refractivity contribution in [1.82, 2.24) is 18.9 Å². The maximum Gasteiger partial charge on any atom is 0.226 e. The number of oxazole rings is 1. The average molecular weight is 308 g/mol. The molecule has 0 aliphatic rings. The molecule has 0 N–H and O–H groups in total. The van der Waals surface area contributed by atoms with Crippen LogP contribution in [0.3, 0.4) is 0 Å². The third kappa shape index (κ3) is 2.44. The van der Waals surface area contributed by atoms with Crippen LogP contribution in [0.2, 0.25) is 0 Å². The Balaban J connectivity index is 1.61. The van der Waals surface area contributed by atoms with E-state index in [-0.39, 0.29) is 0 Å². The predicted octanol–water partition coefficient (Wildman–Crippen LogP) is 3.71. The van der Waals surface area contributed by atoms with Crippen molar-refractivity contribution in [3.8, 4) is 22.8 Å². The van der Waals surface area contributed by atoms with Crippen LogP contribution in [0.1, 0.15) is 5.69 Å². The number of hydrogen-bond donors (Lipinski definition) is 0. The SMILES string of the molecule is c1ccc(-c2nc(Cn3ccnc3-c3cnsc3)co2)cc1. The number of imidazole rings is 1. The van der Waals surface area contributed by atoms with Gasteiger partial charge in [-0.1, -0.05) is 18.2 Å². The number of rotatable bonds is 4. The Hall–Kier alpha value is -2.73. The van der Waals surface area contributed by atoms with Gasteiger partial charge in [-0.3, -0.25) is 0 Å². The van der Waals surface area contributed by atoms with Crippen LogP contribution < -0.4 is 0 Å². The van der Waals surface area contributed by atoms with Gasteiger partial charge in [-0.05, 0) is 23.7 Å². The molecular formula is C16H12N4OS. The zero-order chi connectivity index (χ0) is 14.8. The lowest BCUT2D eigenvalue weighted by molar-refractivity contribution is 0.571. The summed E-state index contributed by atoms with van der Waals surface area (Å²) >= 11 is 1.42. The highest BCUT2D eigenvalue weighted by molar-refractivity contribution is 7.03. The van der Waals surface area contributed by atoms with Crippen molar-refractivity contribution in [3.63, 3.8) is 0 Å². The molecule has 4 rings (SSSR count). The molecule has 0 saturated carbocycles. The predicted molar refractivity (Wildman–Crippen MR) is 84.4 cm³/mol. The number of benzene rings is 1. The summed E-state index contributed by atoms with van der Waals surface area (Å²) < 4.78 is 11.7. The molecule has 6 heteroatoms. The molecule has 0 amide bonds. The Bertz CT molecular complexity index is 865. The first-order valence-electron chi connectivity index (χ1n) is 6.81. The molecule has 0 radical (unpaired) electrons. The Morgan fingerprint density at radius 3 is 2.86 bits per heavy atom. The molecular weight excluding hydrogens is 296 g/mol. The highest BCUT2D eigenvalue weighted by Crippen LogP contribution is 2.21. The van der Waals surface area contributed by atoms with Crippen molar-refractivity contribution in [1.29, 1.82) is 0 Å². The van der Waals surface area contributed by atoms with E-state index in [9.17, 15) is 0 Å². The highest BCUT2D eigenvalue weighted by atomic mass is 32.1. The van der Waals surface area contributed by atoms with Gasteiger partial charge in [0, 0.05) is 28.9 Å². The molecule has 0 saturated heterocycles. The van der Waals surface area contributed by atoms with Crippen LogP contribution in [0.5, 0.6) is 0 Å². The van der Waals surface area contributed by atoms with Gasteiger partial charge in [0.2, 0.25) is 5.89 Å². The summed E-state index contributed by atoms with van der Waals surface area (Å²) in [6.07, 6.45) is 7.23. The Kier molecular flexibility index (Phi) is 3.29. The van der Waals surface area contributed by atoms with E-state index in [1.54, 1.807) is 12.5 Å². The van der Waals surface area contributed by atoms with Gasteiger partial charge < -0.3 is 8.98 Å². The van der Waals surface area contributed by atoms with E-state index in [4.69, 9.17) is 4.42 Å². The Labute approximate surface area is 131 Å².